The van der Waals surface area contributed by atoms with Crippen LogP contribution in [0.1, 0.15) is 35.7 Å². The van der Waals surface area contributed by atoms with Gasteiger partial charge in [-0.15, -0.1) is 0 Å². The third kappa shape index (κ3) is 4.48. The summed E-state index contributed by atoms with van der Waals surface area (Å²) in [5.41, 5.74) is 7.85. The second-order valence-electron chi connectivity index (χ2n) is 5.94. The molecule has 1 aliphatic rings. The molecule has 1 fully saturated rings. The Labute approximate surface area is 132 Å². The van der Waals surface area contributed by atoms with E-state index in [1.54, 1.807) is 7.05 Å². The van der Waals surface area contributed by atoms with E-state index in [2.05, 4.69) is 22.1 Å². The Morgan fingerprint density at radius 1 is 1.41 bits per heavy atom. The molecule has 0 saturated carbocycles. The van der Waals surface area contributed by atoms with Crippen LogP contribution in [0.4, 0.5) is 0 Å². The van der Waals surface area contributed by atoms with Gasteiger partial charge in [0.2, 0.25) is 0 Å². The van der Waals surface area contributed by atoms with Crippen molar-refractivity contribution in [3.8, 4) is 0 Å². The van der Waals surface area contributed by atoms with Gasteiger partial charge in [0.05, 0.1) is 0 Å². The number of guanidine groups is 1. The fourth-order valence-corrected chi connectivity index (χ4v) is 2.65. The van der Waals surface area contributed by atoms with E-state index in [9.17, 15) is 4.79 Å². The third-order valence-corrected chi connectivity index (χ3v) is 4.20. The molecule has 0 aromatic heterocycles. The van der Waals surface area contributed by atoms with Crippen LogP contribution in [0.3, 0.4) is 0 Å². The van der Waals surface area contributed by atoms with E-state index in [0.29, 0.717) is 18.1 Å². The van der Waals surface area contributed by atoms with Gasteiger partial charge in [-0.2, -0.15) is 0 Å². The van der Waals surface area contributed by atoms with Crippen molar-refractivity contribution in [3.05, 3.63) is 35.4 Å². The molecule has 1 aromatic rings. The largest absolute Gasteiger partial charge is 0.370 e. The Kier molecular flexibility index (Phi) is 5.81. The summed E-state index contributed by atoms with van der Waals surface area (Å²) in [5, 5.41) is 2.64. The summed E-state index contributed by atoms with van der Waals surface area (Å²) in [4.78, 5) is 18.3. The first-order valence-electron chi connectivity index (χ1n) is 7.96. The Morgan fingerprint density at radius 3 is 2.82 bits per heavy atom. The Bertz CT molecular complexity index is 533. The first-order valence-corrected chi connectivity index (χ1v) is 7.96. The van der Waals surface area contributed by atoms with Gasteiger partial charge >= 0.3 is 0 Å². The highest BCUT2D eigenvalue weighted by atomic mass is 16.1. The summed E-state index contributed by atoms with van der Waals surface area (Å²) in [7, 11) is 1.64. The maximum absolute atomic E-state index is 11.6. The van der Waals surface area contributed by atoms with Crippen LogP contribution in [-0.2, 0) is 6.42 Å². The minimum Gasteiger partial charge on any atom is -0.370 e. The van der Waals surface area contributed by atoms with Crippen molar-refractivity contribution in [2.24, 2.45) is 16.6 Å². The van der Waals surface area contributed by atoms with Crippen LogP contribution < -0.4 is 11.1 Å². The number of carbonyl (C=O) groups excluding carboxylic acids is 1. The highest BCUT2D eigenvalue weighted by Crippen LogP contribution is 2.15. The Balaban J connectivity index is 1.87. The predicted octanol–water partition coefficient (Wildman–Crippen LogP) is 1.64. The molecule has 1 heterocycles. The number of piperidine rings is 1. The van der Waals surface area contributed by atoms with Crippen molar-refractivity contribution in [1.82, 2.24) is 10.2 Å². The minimum atomic E-state index is -0.0627. The number of nitrogens with one attached hydrogen (secondary N) is 1. The lowest BCUT2D eigenvalue weighted by atomic mass is 10.00. The van der Waals surface area contributed by atoms with Crippen molar-refractivity contribution in [2.45, 2.75) is 26.2 Å². The lowest BCUT2D eigenvalue weighted by Gasteiger charge is -2.31. The zero-order valence-electron chi connectivity index (χ0n) is 13.5. The summed E-state index contributed by atoms with van der Waals surface area (Å²) in [5.74, 6) is 1.37. The number of hydrogen-bond donors (Lipinski definition) is 2. The average molecular weight is 302 g/mol. The smallest absolute Gasteiger partial charge is 0.251 e. The average Bonchev–Trinajstić information content (AvgIpc) is 2.55. The van der Waals surface area contributed by atoms with E-state index in [1.807, 2.05) is 24.3 Å². The number of amides is 1. The van der Waals surface area contributed by atoms with E-state index in [4.69, 9.17) is 5.73 Å². The molecule has 0 spiro atoms. The quantitative estimate of drug-likeness (QED) is 0.656. The highest BCUT2D eigenvalue weighted by Gasteiger charge is 2.16. The van der Waals surface area contributed by atoms with Crippen molar-refractivity contribution in [3.63, 3.8) is 0 Å². The first-order chi connectivity index (χ1) is 10.6. The molecule has 5 nitrogen and oxygen atoms in total. The molecule has 3 N–H and O–H groups in total. The van der Waals surface area contributed by atoms with Crippen molar-refractivity contribution in [1.29, 1.82) is 0 Å². The van der Waals surface area contributed by atoms with Crippen LogP contribution in [0.15, 0.2) is 29.3 Å². The van der Waals surface area contributed by atoms with Crippen LogP contribution >= 0.6 is 0 Å². The summed E-state index contributed by atoms with van der Waals surface area (Å²) in [6.07, 6.45) is 3.16. The molecule has 1 aliphatic heterocycles. The molecule has 5 heteroatoms. The van der Waals surface area contributed by atoms with Gasteiger partial charge in [0.25, 0.3) is 5.91 Å². The molecule has 2 rings (SSSR count). The fourth-order valence-electron chi connectivity index (χ4n) is 2.65. The van der Waals surface area contributed by atoms with E-state index < -0.39 is 0 Å². The molecule has 1 aromatic carbocycles. The fraction of sp³-hybridized carbons (Fsp3) is 0.529. The molecule has 120 valence electrons. The number of rotatable bonds is 4. The molecule has 1 saturated heterocycles. The molecule has 0 unspecified atom stereocenters. The minimum absolute atomic E-state index is 0.0627. The summed E-state index contributed by atoms with van der Waals surface area (Å²) in [6.45, 7) is 4.94. The normalized spacial score (nSPS) is 16.6. The molecule has 0 radical (unpaired) electrons. The van der Waals surface area contributed by atoms with E-state index in [1.165, 1.54) is 12.8 Å². The number of aliphatic imine (C=N–C) groups is 1. The number of nitrogens with two attached hydrogens (primary N) is 1. The standard InChI is InChI=1S/C17H26N4O/c1-13-7-10-21(11-8-13)17(18)20-9-6-14-4-3-5-15(12-14)16(22)19-2/h3-5,12-13H,6-11H2,1-2H3,(H2,18,20)(H,19,22). The highest BCUT2D eigenvalue weighted by molar-refractivity contribution is 5.94. The van der Waals surface area contributed by atoms with Gasteiger partial charge in [-0.05, 0) is 42.9 Å². The molecule has 1 amide bonds. The molecule has 22 heavy (non-hydrogen) atoms. The second kappa shape index (κ2) is 7.82. The van der Waals surface area contributed by atoms with Gasteiger partial charge in [0.15, 0.2) is 5.96 Å². The second-order valence-corrected chi connectivity index (χ2v) is 5.94. The number of carbonyl (C=O) groups is 1. The third-order valence-electron chi connectivity index (χ3n) is 4.20. The van der Waals surface area contributed by atoms with Crippen LogP contribution in [0.2, 0.25) is 0 Å². The van der Waals surface area contributed by atoms with Gasteiger partial charge in [-0.25, -0.2) is 0 Å². The van der Waals surface area contributed by atoms with Crippen molar-refractivity contribution in [2.75, 3.05) is 26.7 Å². The molecular formula is C17H26N4O. The lowest BCUT2D eigenvalue weighted by Crippen LogP contribution is -2.42. The van der Waals surface area contributed by atoms with Gasteiger partial charge in [-0.3, -0.25) is 9.79 Å². The number of nitrogens with zero attached hydrogens (tertiary/aromatic N) is 2. The van der Waals surface area contributed by atoms with Gasteiger partial charge in [0, 0.05) is 32.2 Å². The predicted molar refractivity (Wildman–Crippen MR) is 90.0 cm³/mol. The summed E-state index contributed by atoms with van der Waals surface area (Å²) >= 11 is 0. The van der Waals surface area contributed by atoms with Gasteiger partial charge < -0.3 is 16.0 Å². The zero-order valence-corrected chi connectivity index (χ0v) is 13.5. The summed E-state index contributed by atoms with van der Waals surface area (Å²) in [6, 6.07) is 7.64. The maximum Gasteiger partial charge on any atom is 0.251 e. The number of hydrogen-bond acceptors (Lipinski definition) is 2. The maximum atomic E-state index is 11.6. The lowest BCUT2D eigenvalue weighted by molar-refractivity contribution is 0.0963. The first kappa shape index (κ1) is 16.3. The Morgan fingerprint density at radius 2 is 2.14 bits per heavy atom. The molecular weight excluding hydrogens is 276 g/mol. The van der Waals surface area contributed by atoms with Crippen LogP contribution in [0.25, 0.3) is 0 Å². The van der Waals surface area contributed by atoms with Gasteiger partial charge in [-0.1, -0.05) is 19.1 Å². The Hall–Kier alpha value is -2.04. The van der Waals surface area contributed by atoms with Gasteiger partial charge in [0.1, 0.15) is 0 Å². The van der Waals surface area contributed by atoms with Crippen LogP contribution in [-0.4, -0.2) is 43.4 Å². The van der Waals surface area contributed by atoms with Crippen LogP contribution in [0, 0.1) is 5.92 Å². The van der Waals surface area contributed by atoms with E-state index >= 15 is 0 Å². The van der Waals surface area contributed by atoms with Crippen LogP contribution in [0.5, 0.6) is 0 Å². The van der Waals surface area contributed by atoms with E-state index in [-0.39, 0.29) is 5.91 Å². The SMILES string of the molecule is CNC(=O)c1cccc(CCN=C(N)N2CCC(C)CC2)c1. The zero-order chi connectivity index (χ0) is 15.9. The monoisotopic (exact) mass is 302 g/mol. The summed E-state index contributed by atoms with van der Waals surface area (Å²) < 4.78 is 0. The topological polar surface area (TPSA) is 70.7 Å². The molecule has 0 bridgehead atoms. The number of benzene rings is 1. The molecule has 0 aliphatic carbocycles. The van der Waals surface area contributed by atoms with Crippen molar-refractivity contribution >= 4 is 11.9 Å². The van der Waals surface area contributed by atoms with E-state index in [0.717, 1.165) is 31.0 Å². The molecule has 0 atom stereocenters. The van der Waals surface area contributed by atoms with Crippen molar-refractivity contribution < 1.29 is 4.79 Å². The number of likely N-dealkylation sites (tertiary alicyclic amines) is 1.